The van der Waals surface area contributed by atoms with Crippen molar-refractivity contribution in [3.05, 3.63) is 55.9 Å². The zero-order chi connectivity index (χ0) is 14.0. The summed E-state index contributed by atoms with van der Waals surface area (Å²) >= 11 is 12.1. The zero-order valence-electron chi connectivity index (χ0n) is 9.16. The van der Waals surface area contributed by atoms with Crippen molar-refractivity contribution in [3.8, 4) is 5.75 Å². The summed E-state index contributed by atoms with van der Waals surface area (Å²) < 4.78 is 19.6. The van der Waals surface area contributed by atoms with Gasteiger partial charge in [0.15, 0.2) is 11.6 Å². The van der Waals surface area contributed by atoms with Crippen molar-refractivity contribution in [1.82, 2.24) is 4.98 Å². The average Bonchev–Trinajstić information content (AvgIpc) is 2.35. The number of ether oxygens (including phenoxy) is 1. The van der Waals surface area contributed by atoms with E-state index < -0.39 is 11.8 Å². The minimum Gasteiger partial charge on any atom is -0.420 e. The number of carbonyl (C=O) groups excluding carboxylic acids is 1. The second-order valence-electron chi connectivity index (χ2n) is 3.46. The Morgan fingerprint density at radius 2 is 2.00 bits per heavy atom. The molecule has 1 aromatic carbocycles. The summed E-state index contributed by atoms with van der Waals surface area (Å²) in [7, 11) is 0. The highest BCUT2D eigenvalue weighted by Crippen LogP contribution is 2.24. The number of carbonyl (C=O) groups is 1. The van der Waals surface area contributed by atoms with Crippen molar-refractivity contribution >= 4 is 49.4 Å². The van der Waals surface area contributed by atoms with Crippen LogP contribution in [0.5, 0.6) is 5.75 Å². The van der Waals surface area contributed by atoms with E-state index in [1.165, 1.54) is 24.4 Å². The minimum atomic E-state index is -0.778. The van der Waals surface area contributed by atoms with Gasteiger partial charge in [0.2, 0.25) is 0 Å². The maximum atomic E-state index is 13.5. The van der Waals surface area contributed by atoms with Gasteiger partial charge in [0, 0.05) is 15.1 Å². The third kappa shape index (κ3) is 3.52. The van der Waals surface area contributed by atoms with Crippen LogP contribution in [0.15, 0.2) is 39.4 Å². The van der Waals surface area contributed by atoms with Gasteiger partial charge in [-0.1, -0.05) is 27.5 Å². The first-order chi connectivity index (χ1) is 8.97. The molecule has 98 valence electrons. The van der Waals surface area contributed by atoms with Crippen molar-refractivity contribution in [2.45, 2.75) is 0 Å². The maximum Gasteiger partial charge on any atom is 0.346 e. The Hall–Kier alpha value is -0.980. The first kappa shape index (κ1) is 14.4. The molecule has 0 saturated carbocycles. The Morgan fingerprint density at radius 3 is 2.68 bits per heavy atom. The molecule has 0 aliphatic heterocycles. The van der Waals surface area contributed by atoms with E-state index >= 15 is 0 Å². The van der Waals surface area contributed by atoms with Gasteiger partial charge in [0.05, 0.1) is 5.56 Å². The standard InChI is InChI=1S/C12H5Br2ClFNO2/c13-6-1-2-10(9(16)4-6)19-12(18)8-3-7(14)5-17-11(8)15/h1-5H. The fourth-order valence-electron chi connectivity index (χ4n) is 1.28. The number of nitrogens with zero attached hydrogens (tertiary/aromatic N) is 1. The average molecular weight is 409 g/mol. The molecule has 1 aromatic heterocycles. The van der Waals surface area contributed by atoms with Gasteiger partial charge in [-0.25, -0.2) is 14.2 Å². The quantitative estimate of drug-likeness (QED) is 0.413. The van der Waals surface area contributed by atoms with E-state index in [0.29, 0.717) is 8.95 Å². The fourth-order valence-corrected chi connectivity index (χ4v) is 2.12. The lowest BCUT2D eigenvalue weighted by Crippen LogP contribution is -2.10. The second-order valence-corrected chi connectivity index (χ2v) is 5.65. The van der Waals surface area contributed by atoms with Gasteiger partial charge in [-0.15, -0.1) is 0 Å². The first-order valence-electron chi connectivity index (χ1n) is 4.95. The Balaban J connectivity index is 2.28. The summed E-state index contributed by atoms with van der Waals surface area (Å²) in [5.74, 6) is -1.61. The van der Waals surface area contributed by atoms with Gasteiger partial charge >= 0.3 is 5.97 Å². The summed E-state index contributed by atoms with van der Waals surface area (Å²) in [5, 5.41) is -0.00859. The molecule has 2 rings (SSSR count). The van der Waals surface area contributed by atoms with Crippen LogP contribution in [0.25, 0.3) is 0 Å². The number of rotatable bonds is 2. The van der Waals surface area contributed by atoms with Crippen LogP contribution in [0.4, 0.5) is 4.39 Å². The van der Waals surface area contributed by atoms with Crippen molar-refractivity contribution in [3.63, 3.8) is 0 Å². The van der Waals surface area contributed by atoms with Gasteiger partial charge in [0.1, 0.15) is 5.15 Å². The van der Waals surface area contributed by atoms with E-state index in [0.717, 1.165) is 0 Å². The van der Waals surface area contributed by atoms with Crippen LogP contribution < -0.4 is 4.74 Å². The summed E-state index contributed by atoms with van der Waals surface area (Å²) in [6, 6.07) is 5.56. The predicted molar refractivity (Wildman–Crippen MR) is 76.0 cm³/mol. The van der Waals surface area contributed by atoms with Crippen molar-refractivity contribution < 1.29 is 13.9 Å². The van der Waals surface area contributed by atoms with Gasteiger partial charge < -0.3 is 4.74 Å². The maximum absolute atomic E-state index is 13.5. The molecule has 2 aromatic rings. The Morgan fingerprint density at radius 1 is 1.26 bits per heavy atom. The highest BCUT2D eigenvalue weighted by Gasteiger charge is 2.16. The monoisotopic (exact) mass is 407 g/mol. The van der Waals surface area contributed by atoms with Crippen LogP contribution in [-0.4, -0.2) is 11.0 Å². The van der Waals surface area contributed by atoms with Crippen LogP contribution in [0, 0.1) is 5.82 Å². The zero-order valence-corrected chi connectivity index (χ0v) is 13.1. The normalized spacial score (nSPS) is 10.3. The van der Waals surface area contributed by atoms with E-state index in [1.807, 2.05) is 0 Å². The lowest BCUT2D eigenvalue weighted by Gasteiger charge is -2.06. The molecule has 0 amide bonds. The summed E-state index contributed by atoms with van der Waals surface area (Å²) in [5.41, 5.74) is 0.0540. The molecule has 0 fully saturated rings. The summed E-state index contributed by atoms with van der Waals surface area (Å²) in [6.45, 7) is 0. The summed E-state index contributed by atoms with van der Waals surface area (Å²) in [6.07, 6.45) is 1.44. The van der Waals surface area contributed by atoms with Crippen LogP contribution in [-0.2, 0) is 0 Å². The van der Waals surface area contributed by atoms with Crippen molar-refractivity contribution in [2.75, 3.05) is 0 Å². The number of hydrogen-bond donors (Lipinski definition) is 0. The topological polar surface area (TPSA) is 39.2 Å². The van der Waals surface area contributed by atoms with Crippen LogP contribution >= 0.6 is 43.5 Å². The third-order valence-electron chi connectivity index (χ3n) is 2.12. The van der Waals surface area contributed by atoms with E-state index in [-0.39, 0.29) is 16.5 Å². The smallest absolute Gasteiger partial charge is 0.346 e. The number of hydrogen-bond acceptors (Lipinski definition) is 3. The molecule has 19 heavy (non-hydrogen) atoms. The second kappa shape index (κ2) is 5.98. The largest absolute Gasteiger partial charge is 0.420 e. The molecule has 0 atom stereocenters. The molecule has 0 bridgehead atoms. The van der Waals surface area contributed by atoms with Crippen molar-refractivity contribution in [1.29, 1.82) is 0 Å². The lowest BCUT2D eigenvalue weighted by atomic mass is 10.3. The van der Waals surface area contributed by atoms with Gasteiger partial charge in [-0.2, -0.15) is 0 Å². The van der Waals surface area contributed by atoms with Crippen LogP contribution in [0.1, 0.15) is 10.4 Å². The molecule has 0 aliphatic carbocycles. The van der Waals surface area contributed by atoms with Gasteiger partial charge in [-0.05, 0) is 40.2 Å². The first-order valence-corrected chi connectivity index (χ1v) is 6.92. The van der Waals surface area contributed by atoms with E-state index in [1.54, 1.807) is 6.07 Å². The SMILES string of the molecule is O=C(Oc1ccc(Br)cc1F)c1cc(Br)cnc1Cl. The highest BCUT2D eigenvalue weighted by atomic mass is 79.9. The Bertz CT molecular complexity index is 652. The van der Waals surface area contributed by atoms with Gasteiger partial charge in [0.25, 0.3) is 0 Å². The summed E-state index contributed by atoms with van der Waals surface area (Å²) in [4.78, 5) is 15.7. The number of esters is 1. The molecule has 7 heteroatoms. The minimum absolute atomic E-state index is 0.00859. The number of benzene rings is 1. The highest BCUT2D eigenvalue weighted by molar-refractivity contribution is 9.10. The number of halogens is 4. The fraction of sp³-hybridized carbons (Fsp3) is 0. The molecular weight excluding hydrogens is 404 g/mol. The molecule has 0 aliphatic rings. The van der Waals surface area contributed by atoms with E-state index in [4.69, 9.17) is 16.3 Å². The number of pyridine rings is 1. The molecule has 1 heterocycles. The Kier molecular flexibility index (Phi) is 4.54. The molecule has 0 N–H and O–H groups in total. The Labute approximate surface area is 130 Å². The van der Waals surface area contributed by atoms with E-state index in [2.05, 4.69) is 36.8 Å². The molecule has 0 unspecified atom stereocenters. The lowest BCUT2D eigenvalue weighted by molar-refractivity contribution is 0.0727. The number of aromatic nitrogens is 1. The molecule has 0 spiro atoms. The molecule has 3 nitrogen and oxygen atoms in total. The third-order valence-corrected chi connectivity index (χ3v) is 3.35. The molecule has 0 radical (unpaired) electrons. The predicted octanol–water partition coefficient (Wildman–Crippen LogP) is 4.62. The van der Waals surface area contributed by atoms with Crippen molar-refractivity contribution in [2.24, 2.45) is 0 Å². The van der Waals surface area contributed by atoms with Gasteiger partial charge in [-0.3, -0.25) is 0 Å². The van der Waals surface area contributed by atoms with Crippen LogP contribution in [0.2, 0.25) is 5.15 Å². The van der Waals surface area contributed by atoms with E-state index in [9.17, 15) is 9.18 Å². The van der Waals surface area contributed by atoms with Crippen LogP contribution in [0.3, 0.4) is 0 Å². The molecule has 0 saturated heterocycles. The molecular formula is C12H5Br2ClFNO2.